The number of sulfonamides is 1. The van der Waals surface area contributed by atoms with E-state index < -0.39 is 10.0 Å². The van der Waals surface area contributed by atoms with Crippen LogP contribution in [0.15, 0.2) is 34.9 Å². The number of anilines is 1. The number of nitrogens with two attached hydrogens (primary N) is 1. The minimum atomic E-state index is -3.88. The maximum atomic E-state index is 11.3. The standard InChI is InChI=1S/C11H10N4O3S/c1-18-10-4-9(15-7-8(5-12)6-13)2-3-11(10)19(14,16)17/h2-4,7,15H,1H3,(H2,14,16,17). The average Bonchev–Trinajstić information content (AvgIpc) is 2.38. The van der Waals surface area contributed by atoms with Crippen molar-refractivity contribution in [3.8, 4) is 17.9 Å². The zero-order valence-electron chi connectivity index (χ0n) is 9.91. The number of primary sulfonamides is 1. The molecule has 0 saturated heterocycles. The average molecular weight is 278 g/mol. The fourth-order valence-corrected chi connectivity index (χ4v) is 1.92. The van der Waals surface area contributed by atoms with Crippen molar-refractivity contribution in [1.82, 2.24) is 0 Å². The number of hydrogen-bond acceptors (Lipinski definition) is 6. The van der Waals surface area contributed by atoms with Gasteiger partial charge in [-0.3, -0.25) is 0 Å². The second-order valence-electron chi connectivity index (χ2n) is 3.34. The maximum Gasteiger partial charge on any atom is 0.241 e. The van der Waals surface area contributed by atoms with Crippen LogP contribution in [-0.2, 0) is 10.0 Å². The van der Waals surface area contributed by atoms with E-state index in [0.29, 0.717) is 5.69 Å². The van der Waals surface area contributed by atoms with E-state index in [1.165, 1.54) is 31.5 Å². The van der Waals surface area contributed by atoms with Gasteiger partial charge in [-0.15, -0.1) is 0 Å². The van der Waals surface area contributed by atoms with Gasteiger partial charge >= 0.3 is 0 Å². The van der Waals surface area contributed by atoms with Gasteiger partial charge in [0.15, 0.2) is 0 Å². The Morgan fingerprint density at radius 2 is 2.05 bits per heavy atom. The van der Waals surface area contributed by atoms with Crippen LogP contribution in [0.1, 0.15) is 0 Å². The van der Waals surface area contributed by atoms with Crippen molar-refractivity contribution >= 4 is 15.7 Å². The van der Waals surface area contributed by atoms with E-state index in [2.05, 4.69) is 5.32 Å². The summed E-state index contributed by atoms with van der Waals surface area (Å²) in [6.07, 6.45) is 1.20. The number of ether oxygens (including phenoxy) is 1. The smallest absolute Gasteiger partial charge is 0.241 e. The number of nitrogens with zero attached hydrogens (tertiary/aromatic N) is 2. The minimum Gasteiger partial charge on any atom is -0.495 e. The fraction of sp³-hybridized carbons (Fsp3) is 0.0909. The van der Waals surface area contributed by atoms with Gasteiger partial charge in [0.25, 0.3) is 0 Å². The van der Waals surface area contributed by atoms with Crippen molar-refractivity contribution in [3.63, 3.8) is 0 Å². The lowest BCUT2D eigenvalue weighted by Gasteiger charge is -2.08. The van der Waals surface area contributed by atoms with Crippen molar-refractivity contribution < 1.29 is 13.2 Å². The van der Waals surface area contributed by atoms with Crippen molar-refractivity contribution in [3.05, 3.63) is 30.0 Å². The van der Waals surface area contributed by atoms with Crippen LogP contribution < -0.4 is 15.2 Å². The molecule has 1 aromatic carbocycles. The molecule has 1 rings (SSSR count). The van der Waals surface area contributed by atoms with E-state index in [1.54, 1.807) is 12.1 Å². The monoisotopic (exact) mass is 278 g/mol. The summed E-state index contributed by atoms with van der Waals surface area (Å²) in [5.74, 6) is 0.0661. The number of rotatable bonds is 4. The van der Waals surface area contributed by atoms with Crippen molar-refractivity contribution in [2.45, 2.75) is 4.90 Å². The summed E-state index contributed by atoms with van der Waals surface area (Å²) in [7, 11) is -2.57. The molecular weight excluding hydrogens is 268 g/mol. The Morgan fingerprint density at radius 3 is 2.53 bits per heavy atom. The highest BCUT2D eigenvalue weighted by Crippen LogP contribution is 2.26. The lowest BCUT2D eigenvalue weighted by molar-refractivity contribution is 0.403. The Kier molecular flexibility index (Phi) is 4.48. The first-order valence-electron chi connectivity index (χ1n) is 4.90. The van der Waals surface area contributed by atoms with Gasteiger partial charge in [-0.25, -0.2) is 13.6 Å². The molecule has 0 heterocycles. The molecule has 0 saturated carbocycles. The van der Waals surface area contributed by atoms with Crippen LogP contribution >= 0.6 is 0 Å². The molecule has 0 aliphatic heterocycles. The van der Waals surface area contributed by atoms with Crippen LogP contribution in [0.5, 0.6) is 5.75 Å². The number of hydrogen-bond donors (Lipinski definition) is 2. The van der Waals surface area contributed by atoms with Gasteiger partial charge in [-0.2, -0.15) is 10.5 Å². The zero-order chi connectivity index (χ0) is 14.5. The molecule has 19 heavy (non-hydrogen) atoms. The molecule has 3 N–H and O–H groups in total. The first-order chi connectivity index (χ1) is 8.92. The molecule has 0 atom stereocenters. The zero-order valence-corrected chi connectivity index (χ0v) is 10.7. The summed E-state index contributed by atoms with van der Waals surface area (Å²) in [5, 5.41) is 24.8. The van der Waals surface area contributed by atoms with E-state index in [9.17, 15) is 8.42 Å². The third-order valence-electron chi connectivity index (χ3n) is 2.09. The molecule has 0 unspecified atom stereocenters. The SMILES string of the molecule is COc1cc(NC=C(C#N)C#N)ccc1S(N)(=O)=O. The summed E-state index contributed by atoms with van der Waals surface area (Å²) in [6.45, 7) is 0. The summed E-state index contributed by atoms with van der Waals surface area (Å²) in [5.41, 5.74) is 0.335. The van der Waals surface area contributed by atoms with Gasteiger partial charge in [-0.05, 0) is 12.1 Å². The van der Waals surface area contributed by atoms with E-state index in [4.69, 9.17) is 20.4 Å². The third kappa shape index (κ3) is 3.71. The number of allylic oxidation sites excluding steroid dienone is 1. The van der Waals surface area contributed by atoms with Gasteiger partial charge in [0.05, 0.1) is 7.11 Å². The summed E-state index contributed by atoms with van der Waals surface area (Å²) in [6, 6.07) is 7.45. The predicted molar refractivity (Wildman–Crippen MR) is 67.3 cm³/mol. The quantitative estimate of drug-likeness (QED) is 0.779. The number of nitriles is 2. The number of methoxy groups -OCH3 is 1. The molecular formula is C11H10N4O3S. The largest absolute Gasteiger partial charge is 0.495 e. The predicted octanol–water partition coefficient (Wildman–Crippen LogP) is 0.686. The summed E-state index contributed by atoms with van der Waals surface area (Å²) < 4.78 is 27.4. The number of nitrogens with one attached hydrogen (secondary N) is 1. The van der Waals surface area contributed by atoms with E-state index in [-0.39, 0.29) is 16.2 Å². The van der Waals surface area contributed by atoms with Crippen LogP contribution in [0.2, 0.25) is 0 Å². The van der Waals surface area contributed by atoms with Crippen molar-refractivity contribution in [1.29, 1.82) is 10.5 Å². The Hall–Kier alpha value is -2.55. The topological polar surface area (TPSA) is 129 Å². The van der Waals surface area contributed by atoms with Gasteiger partial charge in [0.1, 0.15) is 28.4 Å². The highest BCUT2D eigenvalue weighted by Gasteiger charge is 2.14. The normalized spacial score (nSPS) is 9.89. The molecule has 0 aromatic heterocycles. The Balaban J connectivity index is 3.13. The second-order valence-corrected chi connectivity index (χ2v) is 4.87. The lowest BCUT2D eigenvalue weighted by Crippen LogP contribution is -2.13. The molecule has 0 bridgehead atoms. The molecule has 0 aliphatic rings. The van der Waals surface area contributed by atoms with Crippen molar-refractivity contribution in [2.24, 2.45) is 5.14 Å². The van der Waals surface area contributed by atoms with Gasteiger partial charge in [0, 0.05) is 18.0 Å². The maximum absolute atomic E-state index is 11.3. The van der Waals surface area contributed by atoms with Crippen LogP contribution in [0, 0.1) is 22.7 Å². The summed E-state index contributed by atoms with van der Waals surface area (Å²) in [4.78, 5) is -0.148. The molecule has 8 heteroatoms. The van der Waals surface area contributed by atoms with E-state index >= 15 is 0 Å². The fourth-order valence-electron chi connectivity index (χ4n) is 1.24. The Bertz CT molecular complexity index is 680. The molecule has 0 spiro atoms. The van der Waals surface area contributed by atoms with Crippen LogP contribution in [0.3, 0.4) is 0 Å². The van der Waals surface area contributed by atoms with Gasteiger partial charge < -0.3 is 10.1 Å². The molecule has 7 nitrogen and oxygen atoms in total. The number of benzene rings is 1. The lowest BCUT2D eigenvalue weighted by atomic mass is 10.3. The van der Waals surface area contributed by atoms with E-state index in [1.807, 2.05) is 0 Å². The van der Waals surface area contributed by atoms with Gasteiger partial charge in [0.2, 0.25) is 10.0 Å². The Labute approximate surface area is 110 Å². The first-order valence-corrected chi connectivity index (χ1v) is 6.44. The molecule has 0 radical (unpaired) electrons. The highest BCUT2D eigenvalue weighted by molar-refractivity contribution is 7.89. The highest BCUT2D eigenvalue weighted by atomic mass is 32.2. The molecule has 0 fully saturated rings. The Morgan fingerprint density at radius 1 is 1.42 bits per heavy atom. The van der Waals surface area contributed by atoms with Crippen LogP contribution in [0.4, 0.5) is 5.69 Å². The summed E-state index contributed by atoms with van der Waals surface area (Å²) >= 11 is 0. The molecule has 0 aliphatic carbocycles. The molecule has 98 valence electrons. The first kappa shape index (κ1) is 14.5. The minimum absolute atomic E-state index is 0.0661. The van der Waals surface area contributed by atoms with E-state index in [0.717, 1.165) is 0 Å². The molecule has 1 aromatic rings. The second kappa shape index (κ2) is 5.87. The van der Waals surface area contributed by atoms with Crippen LogP contribution in [-0.4, -0.2) is 15.5 Å². The van der Waals surface area contributed by atoms with Crippen LogP contribution in [0.25, 0.3) is 0 Å². The van der Waals surface area contributed by atoms with Crippen molar-refractivity contribution in [2.75, 3.05) is 12.4 Å². The van der Waals surface area contributed by atoms with Gasteiger partial charge in [-0.1, -0.05) is 0 Å². The third-order valence-corrected chi connectivity index (χ3v) is 3.04. The molecule has 0 amide bonds.